The van der Waals surface area contributed by atoms with Crippen molar-refractivity contribution in [2.45, 2.75) is 6.92 Å². The quantitative estimate of drug-likeness (QED) is 0.266. The molecule has 7 rings (SSSR count). The van der Waals surface area contributed by atoms with E-state index in [4.69, 9.17) is 0 Å². The minimum absolute atomic E-state index is 1.18. The predicted octanol–water partition coefficient (Wildman–Crippen LogP) is 7.63. The molecule has 0 saturated carbocycles. The first-order chi connectivity index (χ1) is 15.3. The summed E-state index contributed by atoms with van der Waals surface area (Å²) in [7, 11) is 0. The third kappa shape index (κ3) is 2.22. The van der Waals surface area contributed by atoms with Gasteiger partial charge in [0.05, 0.1) is 16.6 Å². The van der Waals surface area contributed by atoms with Gasteiger partial charge < -0.3 is 9.13 Å². The molecule has 31 heavy (non-hydrogen) atoms. The second kappa shape index (κ2) is 5.99. The third-order valence-electron chi connectivity index (χ3n) is 6.56. The minimum atomic E-state index is 1.18. The molecule has 2 heteroatoms. The molecule has 2 aromatic heterocycles. The van der Waals surface area contributed by atoms with Crippen molar-refractivity contribution in [2.24, 2.45) is 0 Å². The lowest BCUT2D eigenvalue weighted by Crippen LogP contribution is -1.95. The van der Waals surface area contributed by atoms with Crippen LogP contribution in [0.15, 0.2) is 103 Å². The minimum Gasteiger partial charge on any atom is -0.316 e. The number of rotatable bonds is 2. The molecular formula is C29H20N2. The van der Waals surface area contributed by atoms with Gasteiger partial charge in [-0.15, -0.1) is 0 Å². The van der Waals surface area contributed by atoms with Crippen LogP contribution in [0.25, 0.3) is 54.9 Å². The highest BCUT2D eigenvalue weighted by atomic mass is 15.0. The Kier molecular flexibility index (Phi) is 3.23. The van der Waals surface area contributed by atoms with Crippen LogP contribution in [0.4, 0.5) is 0 Å². The third-order valence-corrected chi connectivity index (χ3v) is 6.56. The molecule has 0 saturated heterocycles. The highest BCUT2D eigenvalue weighted by Crippen LogP contribution is 2.42. The van der Waals surface area contributed by atoms with Crippen molar-refractivity contribution < 1.29 is 0 Å². The lowest BCUT2D eigenvalue weighted by Gasteiger charge is -2.10. The Morgan fingerprint density at radius 2 is 1.39 bits per heavy atom. The van der Waals surface area contributed by atoms with Gasteiger partial charge in [-0.2, -0.15) is 0 Å². The first kappa shape index (κ1) is 16.7. The average molecular weight is 396 g/mol. The molecule has 0 bridgehead atoms. The summed E-state index contributed by atoms with van der Waals surface area (Å²) in [5.41, 5.74) is 7.45. The number of aromatic nitrogens is 2. The van der Waals surface area contributed by atoms with Crippen molar-refractivity contribution in [2.75, 3.05) is 0 Å². The van der Waals surface area contributed by atoms with Gasteiger partial charge in [-0.1, -0.05) is 60.2 Å². The Morgan fingerprint density at radius 1 is 0.581 bits per heavy atom. The van der Waals surface area contributed by atoms with Gasteiger partial charge in [0.1, 0.15) is 0 Å². The van der Waals surface area contributed by atoms with Crippen LogP contribution in [-0.4, -0.2) is 9.13 Å². The Hall–Kier alpha value is -4.04. The zero-order chi connectivity index (χ0) is 20.5. The van der Waals surface area contributed by atoms with Crippen LogP contribution in [-0.2, 0) is 0 Å². The molecule has 0 radical (unpaired) electrons. The smallest absolute Gasteiger partial charge is 0.0641 e. The summed E-state index contributed by atoms with van der Waals surface area (Å²) in [6.07, 6.45) is 2.20. The van der Waals surface area contributed by atoms with Crippen LogP contribution in [0.1, 0.15) is 5.56 Å². The van der Waals surface area contributed by atoms with Gasteiger partial charge in [0, 0.05) is 33.7 Å². The number of benzene rings is 5. The zero-order valence-corrected chi connectivity index (χ0v) is 17.2. The average Bonchev–Trinajstić information content (AvgIpc) is 3.39. The number of aryl methyl sites for hydroxylation is 1. The first-order valence-electron chi connectivity index (χ1n) is 10.7. The maximum absolute atomic E-state index is 2.45. The fourth-order valence-corrected chi connectivity index (χ4v) is 5.14. The molecule has 0 aliphatic heterocycles. The molecule has 0 fully saturated rings. The number of para-hydroxylation sites is 1. The largest absolute Gasteiger partial charge is 0.316 e. The van der Waals surface area contributed by atoms with E-state index >= 15 is 0 Å². The molecule has 2 heterocycles. The summed E-state index contributed by atoms with van der Waals surface area (Å²) in [5, 5.41) is 6.56. The summed E-state index contributed by atoms with van der Waals surface area (Å²) < 4.78 is 4.74. The summed E-state index contributed by atoms with van der Waals surface area (Å²) in [4.78, 5) is 0. The fraction of sp³-hybridized carbons (Fsp3) is 0.0345. The number of hydrogen-bond donors (Lipinski definition) is 0. The summed E-state index contributed by atoms with van der Waals surface area (Å²) in [5.74, 6) is 0. The lowest BCUT2D eigenvalue weighted by atomic mass is 10.0. The van der Waals surface area contributed by atoms with Crippen LogP contribution in [0.5, 0.6) is 0 Å². The molecule has 0 N–H and O–H groups in total. The van der Waals surface area contributed by atoms with Crippen LogP contribution in [0.3, 0.4) is 0 Å². The van der Waals surface area contributed by atoms with E-state index in [0.717, 1.165) is 0 Å². The zero-order valence-electron chi connectivity index (χ0n) is 17.2. The van der Waals surface area contributed by atoms with Gasteiger partial charge >= 0.3 is 0 Å². The van der Waals surface area contributed by atoms with Crippen molar-refractivity contribution in [3.05, 3.63) is 109 Å². The summed E-state index contributed by atoms with van der Waals surface area (Å²) in [6, 6.07) is 35.2. The van der Waals surface area contributed by atoms with Gasteiger partial charge in [-0.05, 0) is 60.2 Å². The van der Waals surface area contributed by atoms with Crippen molar-refractivity contribution in [1.29, 1.82) is 0 Å². The molecule has 0 amide bonds. The standard InChI is InChI=1S/C29H20N2/c1-19-10-14-23(15-11-19)31-25-9-5-6-20-12-13-21-18-26-24(29(31)28(21)27(20)25)16-17-30(26)22-7-3-2-4-8-22/h2-18H,1H3. The lowest BCUT2D eigenvalue weighted by molar-refractivity contribution is 1.13. The second-order valence-electron chi connectivity index (χ2n) is 8.39. The highest BCUT2D eigenvalue weighted by Gasteiger charge is 2.20. The normalized spacial score (nSPS) is 12.0. The fourth-order valence-electron chi connectivity index (χ4n) is 5.14. The van der Waals surface area contributed by atoms with E-state index in [2.05, 4.69) is 119 Å². The monoisotopic (exact) mass is 396 g/mol. The van der Waals surface area contributed by atoms with E-state index in [0.29, 0.717) is 0 Å². The van der Waals surface area contributed by atoms with Crippen molar-refractivity contribution in [3.63, 3.8) is 0 Å². The van der Waals surface area contributed by atoms with E-state index in [1.807, 2.05) is 0 Å². The first-order valence-corrected chi connectivity index (χ1v) is 10.7. The van der Waals surface area contributed by atoms with E-state index in [-0.39, 0.29) is 0 Å². The van der Waals surface area contributed by atoms with Crippen LogP contribution in [0.2, 0.25) is 0 Å². The molecule has 5 aromatic carbocycles. The molecule has 0 aliphatic carbocycles. The second-order valence-corrected chi connectivity index (χ2v) is 8.39. The number of fused-ring (bicyclic) bond motifs is 2. The molecule has 2 nitrogen and oxygen atoms in total. The van der Waals surface area contributed by atoms with E-state index in [1.54, 1.807) is 0 Å². The topological polar surface area (TPSA) is 9.86 Å². The maximum Gasteiger partial charge on any atom is 0.0641 e. The van der Waals surface area contributed by atoms with E-state index < -0.39 is 0 Å². The Balaban J connectivity index is 1.72. The molecule has 7 aromatic rings. The molecular weight excluding hydrogens is 376 g/mol. The molecule has 0 unspecified atom stereocenters. The van der Waals surface area contributed by atoms with Gasteiger partial charge in [0.15, 0.2) is 0 Å². The Bertz CT molecular complexity index is 1710. The number of nitrogens with zero attached hydrogens (tertiary/aromatic N) is 2. The van der Waals surface area contributed by atoms with Gasteiger partial charge in [0.25, 0.3) is 0 Å². The van der Waals surface area contributed by atoms with Gasteiger partial charge in [-0.3, -0.25) is 0 Å². The van der Waals surface area contributed by atoms with Crippen molar-refractivity contribution in [1.82, 2.24) is 9.13 Å². The van der Waals surface area contributed by atoms with Crippen molar-refractivity contribution >= 4 is 43.5 Å². The predicted molar refractivity (Wildman–Crippen MR) is 131 cm³/mol. The van der Waals surface area contributed by atoms with E-state index in [1.165, 1.54) is 60.4 Å². The summed E-state index contributed by atoms with van der Waals surface area (Å²) in [6.45, 7) is 2.14. The number of hydrogen-bond acceptors (Lipinski definition) is 0. The van der Waals surface area contributed by atoms with Gasteiger partial charge in [-0.25, -0.2) is 0 Å². The Labute approximate surface area is 179 Å². The highest BCUT2D eigenvalue weighted by molar-refractivity contribution is 6.29. The van der Waals surface area contributed by atoms with E-state index in [9.17, 15) is 0 Å². The molecule has 0 spiro atoms. The van der Waals surface area contributed by atoms with Crippen molar-refractivity contribution in [3.8, 4) is 11.4 Å². The molecule has 146 valence electrons. The Morgan fingerprint density at radius 3 is 2.23 bits per heavy atom. The molecule has 0 atom stereocenters. The maximum atomic E-state index is 2.45. The molecule has 0 aliphatic rings. The summed E-state index contributed by atoms with van der Waals surface area (Å²) >= 11 is 0. The SMILES string of the molecule is Cc1ccc(-n2c3cccc4ccc5cc6c(ccn6-c6ccccc6)c2c5c43)cc1. The van der Waals surface area contributed by atoms with Crippen LogP contribution in [0, 0.1) is 6.92 Å². The van der Waals surface area contributed by atoms with Crippen LogP contribution >= 0.6 is 0 Å². The van der Waals surface area contributed by atoms with Gasteiger partial charge in [0.2, 0.25) is 0 Å². The van der Waals surface area contributed by atoms with Crippen LogP contribution < -0.4 is 0 Å².